The molecule has 0 aromatic carbocycles. The van der Waals surface area contributed by atoms with Crippen LogP contribution < -0.4 is 0 Å². The van der Waals surface area contributed by atoms with Crippen LogP contribution in [0.5, 0.6) is 0 Å². The molecular formula is C26H38O4S. The van der Waals surface area contributed by atoms with Gasteiger partial charge in [-0.2, -0.15) is 0 Å². The molecule has 0 bridgehead atoms. The van der Waals surface area contributed by atoms with Crippen LogP contribution in [-0.2, 0) is 9.59 Å². The summed E-state index contributed by atoms with van der Waals surface area (Å²) in [4.78, 5) is 27.8. The Hall–Kier alpha value is -1.75. The maximum Gasteiger partial charge on any atom is 0.140 e. The summed E-state index contributed by atoms with van der Waals surface area (Å²) in [7, 11) is 0. The standard InChI is InChI=1S/C26H38O4S/c1-9-13-21(27)19(11-3)23-15(5)29-17(7)25(23)31-26-18(8)30-16(6)24(26)20(12-4)22(28)14-10-2/h19-20H,9-14H2,1-8H3. The summed E-state index contributed by atoms with van der Waals surface area (Å²) in [6.07, 6.45) is 4.32. The van der Waals surface area contributed by atoms with Crippen molar-refractivity contribution >= 4 is 23.3 Å². The van der Waals surface area contributed by atoms with E-state index in [0.717, 1.165) is 69.6 Å². The minimum Gasteiger partial charge on any atom is -0.465 e. The molecule has 0 aliphatic rings. The van der Waals surface area contributed by atoms with Gasteiger partial charge in [-0.25, -0.2) is 0 Å². The van der Waals surface area contributed by atoms with Crippen molar-refractivity contribution in [1.29, 1.82) is 0 Å². The lowest BCUT2D eigenvalue weighted by molar-refractivity contribution is -0.121. The van der Waals surface area contributed by atoms with E-state index in [4.69, 9.17) is 8.83 Å². The number of hydrogen-bond acceptors (Lipinski definition) is 5. The fraction of sp³-hybridized carbons (Fsp3) is 0.615. The Bertz CT molecular complexity index is 844. The van der Waals surface area contributed by atoms with Gasteiger partial charge in [-0.3, -0.25) is 9.59 Å². The van der Waals surface area contributed by atoms with Gasteiger partial charge in [0.2, 0.25) is 0 Å². The van der Waals surface area contributed by atoms with E-state index in [1.165, 1.54) is 0 Å². The van der Waals surface area contributed by atoms with Crippen LogP contribution in [0.15, 0.2) is 18.6 Å². The van der Waals surface area contributed by atoms with Gasteiger partial charge in [-0.15, -0.1) is 0 Å². The second-order valence-corrected chi connectivity index (χ2v) is 9.39. The van der Waals surface area contributed by atoms with Gasteiger partial charge in [0, 0.05) is 35.8 Å². The highest BCUT2D eigenvalue weighted by molar-refractivity contribution is 7.99. The summed E-state index contributed by atoms with van der Waals surface area (Å²) < 4.78 is 12.0. The summed E-state index contributed by atoms with van der Waals surface area (Å²) in [5, 5.41) is 0. The Labute approximate surface area is 191 Å². The molecule has 31 heavy (non-hydrogen) atoms. The molecule has 2 aromatic rings. The topological polar surface area (TPSA) is 60.4 Å². The Balaban J connectivity index is 2.58. The van der Waals surface area contributed by atoms with Crippen LogP contribution in [0.25, 0.3) is 0 Å². The summed E-state index contributed by atoms with van der Waals surface area (Å²) in [6, 6.07) is 0. The monoisotopic (exact) mass is 446 g/mol. The first-order valence-electron chi connectivity index (χ1n) is 11.6. The van der Waals surface area contributed by atoms with Crippen molar-refractivity contribution in [2.45, 2.75) is 116 Å². The molecule has 2 rings (SSSR count). The van der Waals surface area contributed by atoms with Crippen LogP contribution in [0.4, 0.5) is 0 Å². The molecule has 4 nitrogen and oxygen atoms in total. The number of ketones is 2. The van der Waals surface area contributed by atoms with Crippen LogP contribution in [0.2, 0.25) is 0 Å². The van der Waals surface area contributed by atoms with E-state index in [9.17, 15) is 9.59 Å². The highest BCUT2D eigenvalue weighted by atomic mass is 32.2. The molecule has 2 heterocycles. The minimum atomic E-state index is -0.166. The smallest absolute Gasteiger partial charge is 0.140 e. The van der Waals surface area contributed by atoms with Gasteiger partial charge in [0.1, 0.15) is 34.6 Å². The SMILES string of the molecule is CCCC(=O)C(CC)c1c(C)oc(C)c1Sc1c(C)oc(C)c1C(CC)C(=O)CCC. The molecular weight excluding hydrogens is 408 g/mol. The van der Waals surface area contributed by atoms with Crippen LogP contribution in [-0.4, -0.2) is 11.6 Å². The minimum absolute atomic E-state index is 0.166. The first-order valence-corrected chi connectivity index (χ1v) is 12.5. The Morgan fingerprint density at radius 3 is 1.32 bits per heavy atom. The second kappa shape index (κ2) is 11.2. The molecule has 0 aliphatic heterocycles. The molecule has 0 saturated heterocycles. The van der Waals surface area contributed by atoms with Gasteiger partial charge in [-0.1, -0.05) is 39.5 Å². The number of furan rings is 2. The Morgan fingerprint density at radius 1 is 0.677 bits per heavy atom. The van der Waals surface area contributed by atoms with Gasteiger partial charge in [-0.05, 0) is 53.4 Å². The molecule has 0 fully saturated rings. The number of Topliss-reactive ketones (excluding diaryl/α,β-unsaturated/α-hetero) is 2. The van der Waals surface area contributed by atoms with Crippen LogP contribution in [0, 0.1) is 27.7 Å². The maximum atomic E-state index is 12.9. The summed E-state index contributed by atoms with van der Waals surface area (Å²) in [5.41, 5.74) is 2.00. The van der Waals surface area contributed by atoms with Gasteiger partial charge in [0.05, 0.1) is 9.79 Å². The number of hydrogen-bond donors (Lipinski definition) is 0. The number of rotatable bonds is 12. The third-order valence-corrected chi connectivity index (χ3v) is 7.41. The molecule has 0 amide bonds. The van der Waals surface area contributed by atoms with Gasteiger partial charge in [0.15, 0.2) is 0 Å². The van der Waals surface area contributed by atoms with Gasteiger partial charge < -0.3 is 8.83 Å². The zero-order valence-electron chi connectivity index (χ0n) is 20.4. The molecule has 0 aliphatic carbocycles. The van der Waals surface area contributed by atoms with E-state index in [0.29, 0.717) is 12.8 Å². The molecule has 2 unspecified atom stereocenters. The van der Waals surface area contributed by atoms with Crippen molar-refractivity contribution in [1.82, 2.24) is 0 Å². The molecule has 2 aromatic heterocycles. The summed E-state index contributed by atoms with van der Waals surface area (Å²) >= 11 is 1.60. The quantitative estimate of drug-likeness (QED) is 0.331. The first-order chi connectivity index (χ1) is 14.7. The summed E-state index contributed by atoms with van der Waals surface area (Å²) in [5.74, 6) is 3.45. The van der Waals surface area contributed by atoms with Gasteiger partial charge >= 0.3 is 0 Å². The molecule has 0 radical (unpaired) electrons. The molecule has 0 spiro atoms. The van der Waals surface area contributed by atoms with E-state index in [1.54, 1.807) is 11.8 Å². The van der Waals surface area contributed by atoms with E-state index < -0.39 is 0 Å². The maximum absolute atomic E-state index is 12.9. The zero-order valence-corrected chi connectivity index (χ0v) is 21.3. The van der Waals surface area contributed by atoms with E-state index in [2.05, 4.69) is 13.8 Å². The lowest BCUT2D eigenvalue weighted by Crippen LogP contribution is -2.13. The second-order valence-electron chi connectivity index (χ2n) is 8.37. The van der Waals surface area contributed by atoms with Crippen LogP contribution in [0.3, 0.4) is 0 Å². The fourth-order valence-corrected chi connectivity index (χ4v) is 5.92. The number of carbonyl (C=O) groups excluding carboxylic acids is 2. The zero-order chi connectivity index (χ0) is 23.3. The van der Waals surface area contributed by atoms with Crippen LogP contribution >= 0.6 is 11.8 Å². The van der Waals surface area contributed by atoms with Crippen molar-refractivity contribution < 1.29 is 18.4 Å². The fourth-order valence-electron chi connectivity index (χ4n) is 4.55. The van der Waals surface area contributed by atoms with Crippen molar-refractivity contribution in [2.24, 2.45) is 0 Å². The normalized spacial score (nSPS) is 13.4. The largest absolute Gasteiger partial charge is 0.465 e. The number of carbonyl (C=O) groups is 2. The predicted octanol–water partition coefficient (Wildman–Crippen LogP) is 7.98. The van der Waals surface area contributed by atoms with E-state index >= 15 is 0 Å². The molecule has 0 saturated carbocycles. The molecule has 2 atom stereocenters. The molecule has 0 N–H and O–H groups in total. The lowest BCUT2D eigenvalue weighted by Gasteiger charge is -2.17. The highest BCUT2D eigenvalue weighted by Gasteiger charge is 2.32. The van der Waals surface area contributed by atoms with Crippen molar-refractivity contribution in [3.05, 3.63) is 34.2 Å². The lowest BCUT2D eigenvalue weighted by atomic mass is 9.90. The first kappa shape index (κ1) is 25.5. The average molecular weight is 447 g/mol. The molecule has 5 heteroatoms. The van der Waals surface area contributed by atoms with Crippen molar-refractivity contribution in [2.75, 3.05) is 0 Å². The van der Waals surface area contributed by atoms with Crippen molar-refractivity contribution in [3.8, 4) is 0 Å². The predicted molar refractivity (Wildman–Crippen MR) is 126 cm³/mol. The van der Waals surface area contributed by atoms with E-state index in [1.807, 2.05) is 41.5 Å². The summed E-state index contributed by atoms with van der Waals surface area (Å²) in [6.45, 7) is 16.0. The third kappa shape index (κ3) is 5.36. The number of aryl methyl sites for hydroxylation is 4. The molecule has 172 valence electrons. The Morgan fingerprint density at radius 2 is 1.03 bits per heavy atom. The van der Waals surface area contributed by atoms with Gasteiger partial charge in [0.25, 0.3) is 0 Å². The Kier molecular flexibility index (Phi) is 9.23. The average Bonchev–Trinajstić information content (AvgIpc) is 3.13. The van der Waals surface area contributed by atoms with Crippen LogP contribution in [0.1, 0.15) is 112 Å². The highest BCUT2D eigenvalue weighted by Crippen LogP contribution is 2.47. The van der Waals surface area contributed by atoms with E-state index in [-0.39, 0.29) is 23.4 Å². The third-order valence-electron chi connectivity index (χ3n) is 5.99. The van der Waals surface area contributed by atoms with Crippen molar-refractivity contribution in [3.63, 3.8) is 0 Å².